The van der Waals surface area contributed by atoms with Crippen LogP contribution in [0.1, 0.15) is 26.5 Å². The number of aromatic amines is 2. The van der Waals surface area contributed by atoms with Crippen LogP contribution in [0.3, 0.4) is 0 Å². The summed E-state index contributed by atoms with van der Waals surface area (Å²) in [5.41, 5.74) is 3.95. The molecule has 0 aliphatic rings. The Labute approximate surface area is 171 Å². The molecule has 0 unspecified atom stereocenters. The number of carbonyl (C=O) groups is 2. The van der Waals surface area contributed by atoms with Crippen molar-refractivity contribution in [2.24, 2.45) is 0 Å². The van der Waals surface area contributed by atoms with Crippen LogP contribution in [-0.4, -0.2) is 39.6 Å². The zero-order valence-electron chi connectivity index (χ0n) is 15.6. The van der Waals surface area contributed by atoms with Gasteiger partial charge in [0.25, 0.3) is 11.8 Å². The van der Waals surface area contributed by atoms with Crippen LogP contribution in [-0.2, 0) is 0 Å². The van der Waals surface area contributed by atoms with Crippen LogP contribution in [0, 0.1) is 6.92 Å². The van der Waals surface area contributed by atoms with E-state index in [0.29, 0.717) is 16.2 Å². The van der Waals surface area contributed by atoms with Crippen molar-refractivity contribution in [2.45, 2.75) is 6.92 Å². The Balaban J connectivity index is 1.55. The number of halogens is 1. The van der Waals surface area contributed by atoms with E-state index in [9.17, 15) is 9.59 Å². The fourth-order valence-corrected chi connectivity index (χ4v) is 3.07. The smallest absolute Gasteiger partial charge is 0.276 e. The minimum Gasteiger partial charge on any atom is -0.340 e. The van der Waals surface area contributed by atoms with Gasteiger partial charge in [0.15, 0.2) is 5.69 Å². The highest BCUT2D eigenvalue weighted by atomic mass is 35.5. The summed E-state index contributed by atoms with van der Waals surface area (Å²) in [6.45, 7) is 1.89. The number of carbonyl (C=O) groups excluding carboxylic acids is 2. The van der Waals surface area contributed by atoms with Crippen molar-refractivity contribution in [1.82, 2.24) is 19.9 Å². The fraction of sp³-hybridized carbons (Fsp3) is 0.0526. The molecule has 0 fully saturated rings. The van der Waals surface area contributed by atoms with Crippen LogP contribution in [0.25, 0.3) is 11.0 Å². The second-order valence-corrected chi connectivity index (χ2v) is 7.04. The first kappa shape index (κ1) is 18.8. The Morgan fingerprint density at radius 1 is 1.10 bits per heavy atom. The van der Waals surface area contributed by atoms with Crippen LogP contribution < -0.4 is 16.1 Å². The summed E-state index contributed by atoms with van der Waals surface area (Å²) in [6, 6.07) is 10.9. The minimum atomic E-state index is -0.543. The van der Waals surface area contributed by atoms with Gasteiger partial charge < -0.3 is 15.3 Å². The molecule has 10 heteroatoms. The molecule has 29 heavy (non-hydrogen) atoms. The zero-order valence-corrected chi connectivity index (χ0v) is 16.4. The molecule has 0 aliphatic carbocycles. The third kappa shape index (κ3) is 3.85. The summed E-state index contributed by atoms with van der Waals surface area (Å²) in [5, 5.41) is 5.98. The van der Waals surface area contributed by atoms with Crippen molar-refractivity contribution >= 4 is 59.4 Å². The molecule has 0 saturated carbocycles. The molecule has 4 aromatic rings. The first-order valence-electron chi connectivity index (χ1n) is 8.79. The van der Waals surface area contributed by atoms with Crippen LogP contribution in [0.5, 0.6) is 0 Å². The zero-order chi connectivity index (χ0) is 20.5. The molecule has 0 aliphatic heterocycles. The van der Waals surface area contributed by atoms with Gasteiger partial charge in [-0.15, -0.1) is 0 Å². The molecule has 0 radical (unpaired) electrons. The lowest BCUT2D eigenvalue weighted by atomic mass is 9.94. The molecule has 0 spiro atoms. The number of rotatable bonds is 4. The Morgan fingerprint density at radius 3 is 2.76 bits per heavy atom. The van der Waals surface area contributed by atoms with Gasteiger partial charge in [-0.25, -0.2) is 9.97 Å². The molecule has 2 heterocycles. The SMILES string of the molecule is Bc1ccc(C)c(NC(=O)c2nc[nH]c2C(=O)Nc2nc3cc(Cl)ccc3[nH]2)c1. The lowest BCUT2D eigenvalue weighted by molar-refractivity contribution is 0.0985. The van der Waals surface area contributed by atoms with Gasteiger partial charge in [0.05, 0.1) is 17.4 Å². The van der Waals surface area contributed by atoms with Crippen LogP contribution in [0.4, 0.5) is 11.6 Å². The van der Waals surface area contributed by atoms with E-state index in [-0.39, 0.29) is 17.3 Å². The number of imidazole rings is 2. The lowest BCUT2D eigenvalue weighted by Crippen LogP contribution is -2.21. The molecule has 2 aromatic heterocycles. The standard InChI is InChI=1S/C19H16BClN6O2/c1-9-2-3-10(20)6-13(9)24-17(28)15-16(23-8-22-15)18(29)27-19-25-12-5-4-11(21)7-14(12)26-19/h2-8H,20H2,1H3,(H,22,23)(H,24,28)(H2,25,26,27,29). The number of H-pyrrole nitrogens is 2. The maximum Gasteiger partial charge on any atom is 0.276 e. The molecule has 0 atom stereocenters. The summed E-state index contributed by atoms with van der Waals surface area (Å²) >= 11 is 5.96. The number of amides is 2. The number of fused-ring (bicyclic) bond motifs is 1. The minimum absolute atomic E-state index is 0.0115. The monoisotopic (exact) mass is 406 g/mol. The van der Waals surface area contributed by atoms with Gasteiger partial charge >= 0.3 is 0 Å². The van der Waals surface area contributed by atoms with Gasteiger partial charge in [-0.1, -0.05) is 29.2 Å². The quantitative estimate of drug-likeness (QED) is 0.388. The van der Waals surface area contributed by atoms with E-state index in [1.54, 1.807) is 18.2 Å². The second-order valence-electron chi connectivity index (χ2n) is 6.60. The van der Waals surface area contributed by atoms with Crippen molar-refractivity contribution in [1.29, 1.82) is 0 Å². The van der Waals surface area contributed by atoms with Gasteiger partial charge in [0.2, 0.25) is 5.95 Å². The van der Waals surface area contributed by atoms with Gasteiger partial charge in [-0.3, -0.25) is 14.9 Å². The summed E-state index contributed by atoms with van der Waals surface area (Å²) in [7, 11) is 1.93. The molecular formula is C19H16BClN6O2. The molecule has 2 aromatic carbocycles. The summed E-state index contributed by atoms with van der Waals surface area (Å²) in [5.74, 6) is -0.789. The van der Waals surface area contributed by atoms with Crippen LogP contribution >= 0.6 is 11.6 Å². The van der Waals surface area contributed by atoms with E-state index in [0.717, 1.165) is 16.5 Å². The molecule has 144 valence electrons. The van der Waals surface area contributed by atoms with E-state index in [2.05, 4.69) is 30.6 Å². The molecular weight excluding hydrogens is 391 g/mol. The predicted molar refractivity (Wildman–Crippen MR) is 115 cm³/mol. The third-order valence-electron chi connectivity index (χ3n) is 4.40. The third-order valence-corrected chi connectivity index (χ3v) is 4.63. The Bertz CT molecular complexity index is 1250. The van der Waals surface area contributed by atoms with E-state index in [4.69, 9.17) is 11.6 Å². The molecule has 4 rings (SSSR count). The largest absolute Gasteiger partial charge is 0.340 e. The van der Waals surface area contributed by atoms with E-state index in [1.807, 2.05) is 33.0 Å². The van der Waals surface area contributed by atoms with E-state index < -0.39 is 11.8 Å². The number of hydrogen-bond acceptors (Lipinski definition) is 4. The number of hydrogen-bond donors (Lipinski definition) is 4. The predicted octanol–water partition coefficient (Wildman–Crippen LogP) is 2.01. The topological polar surface area (TPSA) is 116 Å². The number of benzene rings is 2. The average molecular weight is 407 g/mol. The highest BCUT2D eigenvalue weighted by molar-refractivity contribution is 6.32. The van der Waals surface area contributed by atoms with Crippen molar-refractivity contribution in [3.8, 4) is 0 Å². The summed E-state index contributed by atoms with van der Waals surface area (Å²) in [6.07, 6.45) is 1.30. The first-order chi connectivity index (χ1) is 13.9. The van der Waals surface area contributed by atoms with Crippen molar-refractivity contribution in [3.63, 3.8) is 0 Å². The molecule has 0 bridgehead atoms. The Kier molecular flexibility index (Phi) is 4.81. The molecule has 2 amide bonds. The lowest BCUT2D eigenvalue weighted by Gasteiger charge is -2.09. The second kappa shape index (κ2) is 7.44. The molecule has 8 nitrogen and oxygen atoms in total. The normalized spacial score (nSPS) is 10.8. The van der Waals surface area contributed by atoms with Crippen molar-refractivity contribution in [2.75, 3.05) is 10.6 Å². The molecule has 0 saturated heterocycles. The Morgan fingerprint density at radius 2 is 1.93 bits per heavy atom. The average Bonchev–Trinajstić information content (AvgIpc) is 3.31. The fourth-order valence-electron chi connectivity index (χ4n) is 2.90. The number of nitrogens with zero attached hydrogens (tertiary/aromatic N) is 2. The summed E-state index contributed by atoms with van der Waals surface area (Å²) in [4.78, 5) is 39.3. The highest BCUT2D eigenvalue weighted by Gasteiger charge is 2.22. The molecule has 4 N–H and O–H groups in total. The first-order valence-corrected chi connectivity index (χ1v) is 9.17. The van der Waals surface area contributed by atoms with Gasteiger partial charge in [0.1, 0.15) is 13.5 Å². The highest BCUT2D eigenvalue weighted by Crippen LogP contribution is 2.20. The van der Waals surface area contributed by atoms with Gasteiger partial charge in [-0.05, 0) is 36.8 Å². The Hall–Kier alpha value is -3.59. The summed E-state index contributed by atoms with van der Waals surface area (Å²) < 4.78 is 0. The van der Waals surface area contributed by atoms with Crippen molar-refractivity contribution < 1.29 is 9.59 Å². The number of aromatic nitrogens is 4. The van der Waals surface area contributed by atoms with Crippen LogP contribution in [0.2, 0.25) is 5.02 Å². The van der Waals surface area contributed by atoms with Crippen LogP contribution in [0.15, 0.2) is 42.7 Å². The maximum atomic E-state index is 12.7. The number of anilines is 2. The van der Waals surface area contributed by atoms with E-state index in [1.165, 1.54) is 6.33 Å². The van der Waals surface area contributed by atoms with E-state index >= 15 is 0 Å². The number of aryl methyl sites for hydroxylation is 1. The van der Waals surface area contributed by atoms with Crippen molar-refractivity contribution in [3.05, 3.63) is 64.7 Å². The number of nitrogens with one attached hydrogen (secondary N) is 4. The van der Waals surface area contributed by atoms with Gasteiger partial charge in [-0.2, -0.15) is 0 Å². The van der Waals surface area contributed by atoms with Gasteiger partial charge in [0, 0.05) is 10.7 Å². The maximum absolute atomic E-state index is 12.7.